The number of rotatable bonds is 5. The molecule has 0 spiro atoms. The average molecular weight is 224 g/mol. The number of amides is 1. The Kier molecular flexibility index (Phi) is 3.19. The van der Waals surface area contributed by atoms with E-state index in [1.54, 1.807) is 4.68 Å². The molecule has 1 aliphatic carbocycles. The second kappa shape index (κ2) is 4.61. The van der Waals surface area contributed by atoms with Gasteiger partial charge >= 0.3 is 0 Å². The highest BCUT2D eigenvalue weighted by Crippen LogP contribution is 2.37. The predicted octanol–water partition coefficient (Wildman–Crippen LogP) is 0.0269. The zero-order chi connectivity index (χ0) is 11.5. The number of carbonyl (C=O) groups is 1. The van der Waals surface area contributed by atoms with E-state index in [0.717, 1.165) is 18.5 Å². The molecule has 0 atom stereocenters. The first-order valence-corrected chi connectivity index (χ1v) is 5.58. The number of primary amides is 1. The summed E-state index contributed by atoms with van der Waals surface area (Å²) in [4.78, 5) is 11.2. The lowest BCUT2D eigenvalue weighted by atomic mass is 9.82. The van der Waals surface area contributed by atoms with Gasteiger partial charge in [0.2, 0.25) is 0 Å². The van der Waals surface area contributed by atoms with Crippen molar-refractivity contribution in [3.05, 3.63) is 11.4 Å². The minimum atomic E-state index is -0.517. The molecule has 0 aromatic carbocycles. The van der Waals surface area contributed by atoms with Crippen LogP contribution >= 0.6 is 0 Å². The van der Waals surface area contributed by atoms with Crippen molar-refractivity contribution >= 4 is 5.91 Å². The molecule has 6 nitrogen and oxygen atoms in total. The summed E-state index contributed by atoms with van der Waals surface area (Å²) in [6.07, 6.45) is 3.91. The molecule has 1 aliphatic rings. The molecule has 88 valence electrons. The minimum absolute atomic E-state index is 0.107. The molecular formula is C10H16N4O2. The Morgan fingerprint density at radius 3 is 2.81 bits per heavy atom. The van der Waals surface area contributed by atoms with E-state index in [9.17, 15) is 4.79 Å². The molecule has 1 saturated carbocycles. The van der Waals surface area contributed by atoms with Crippen LogP contribution in [0.3, 0.4) is 0 Å². The molecular weight excluding hydrogens is 208 g/mol. The van der Waals surface area contributed by atoms with Gasteiger partial charge in [0.1, 0.15) is 0 Å². The van der Waals surface area contributed by atoms with E-state index in [1.165, 1.54) is 6.42 Å². The lowest BCUT2D eigenvalue weighted by Gasteiger charge is -2.26. The first-order valence-electron chi connectivity index (χ1n) is 5.58. The predicted molar refractivity (Wildman–Crippen MR) is 56.8 cm³/mol. The van der Waals surface area contributed by atoms with Crippen LogP contribution in [-0.2, 0) is 6.54 Å². The van der Waals surface area contributed by atoms with E-state index in [4.69, 9.17) is 10.8 Å². The van der Waals surface area contributed by atoms with Crippen molar-refractivity contribution in [3.63, 3.8) is 0 Å². The molecule has 1 aromatic rings. The van der Waals surface area contributed by atoms with Crippen LogP contribution in [0.15, 0.2) is 0 Å². The Bertz CT molecular complexity index is 384. The van der Waals surface area contributed by atoms with Crippen molar-refractivity contribution in [3.8, 4) is 0 Å². The quantitative estimate of drug-likeness (QED) is 0.737. The summed E-state index contributed by atoms with van der Waals surface area (Å²) in [5.41, 5.74) is 6.42. The smallest absolute Gasteiger partial charge is 0.271 e. The lowest BCUT2D eigenvalue weighted by Crippen LogP contribution is -2.21. The first kappa shape index (κ1) is 11.1. The Balaban J connectivity index is 2.25. The SMILES string of the molecule is NC(=O)c1nnn(CCCO)c1C1CCC1. The topological polar surface area (TPSA) is 94.0 Å². The van der Waals surface area contributed by atoms with E-state index in [1.807, 2.05) is 0 Å². The third-order valence-corrected chi connectivity index (χ3v) is 3.03. The van der Waals surface area contributed by atoms with Gasteiger partial charge in [0.15, 0.2) is 5.69 Å². The third kappa shape index (κ3) is 1.92. The number of hydrogen-bond acceptors (Lipinski definition) is 4. The first-order chi connectivity index (χ1) is 7.74. The van der Waals surface area contributed by atoms with Crippen LogP contribution in [0, 0.1) is 0 Å². The highest BCUT2D eigenvalue weighted by atomic mass is 16.3. The van der Waals surface area contributed by atoms with E-state index < -0.39 is 5.91 Å². The van der Waals surface area contributed by atoms with Crippen molar-refractivity contribution in [2.24, 2.45) is 5.73 Å². The van der Waals surface area contributed by atoms with Gasteiger partial charge in [-0.2, -0.15) is 0 Å². The lowest BCUT2D eigenvalue weighted by molar-refractivity contribution is 0.0993. The van der Waals surface area contributed by atoms with Gasteiger partial charge in [-0.15, -0.1) is 5.10 Å². The average Bonchev–Trinajstić information content (AvgIpc) is 2.56. The fraction of sp³-hybridized carbons (Fsp3) is 0.700. The molecule has 1 fully saturated rings. The van der Waals surface area contributed by atoms with Crippen LogP contribution in [0.25, 0.3) is 0 Å². The molecule has 1 heterocycles. The molecule has 3 N–H and O–H groups in total. The van der Waals surface area contributed by atoms with Gasteiger partial charge in [-0.3, -0.25) is 4.79 Å². The van der Waals surface area contributed by atoms with Crippen molar-refractivity contribution in [1.29, 1.82) is 0 Å². The minimum Gasteiger partial charge on any atom is -0.396 e. The van der Waals surface area contributed by atoms with Crippen molar-refractivity contribution in [2.75, 3.05) is 6.61 Å². The maximum absolute atomic E-state index is 11.2. The summed E-state index contributed by atoms with van der Waals surface area (Å²) in [5.74, 6) is -0.159. The van der Waals surface area contributed by atoms with Crippen LogP contribution in [0.1, 0.15) is 47.8 Å². The summed E-state index contributed by atoms with van der Waals surface area (Å²) < 4.78 is 1.71. The van der Waals surface area contributed by atoms with E-state index in [2.05, 4.69) is 10.3 Å². The number of aliphatic hydroxyl groups excluding tert-OH is 1. The highest BCUT2D eigenvalue weighted by molar-refractivity contribution is 5.92. The van der Waals surface area contributed by atoms with Crippen LogP contribution in [-0.4, -0.2) is 32.6 Å². The number of hydrogen-bond donors (Lipinski definition) is 2. The molecule has 6 heteroatoms. The second-order valence-electron chi connectivity index (χ2n) is 4.12. The molecule has 0 unspecified atom stereocenters. The molecule has 0 bridgehead atoms. The monoisotopic (exact) mass is 224 g/mol. The Hall–Kier alpha value is -1.43. The molecule has 0 radical (unpaired) electrons. The third-order valence-electron chi connectivity index (χ3n) is 3.03. The Morgan fingerprint density at radius 2 is 2.31 bits per heavy atom. The Labute approximate surface area is 93.4 Å². The summed E-state index contributed by atoms with van der Waals surface area (Å²) in [5, 5.41) is 16.6. The number of carbonyl (C=O) groups excluding carboxylic acids is 1. The van der Waals surface area contributed by atoms with Crippen LogP contribution < -0.4 is 5.73 Å². The van der Waals surface area contributed by atoms with Gasteiger partial charge < -0.3 is 10.8 Å². The standard InChI is InChI=1S/C10H16N4O2/c11-10(16)8-9(7-3-1-4-7)14(13-12-8)5-2-6-15/h7,15H,1-6H2,(H2,11,16). The number of nitrogens with two attached hydrogens (primary N) is 1. The zero-order valence-corrected chi connectivity index (χ0v) is 9.09. The van der Waals surface area contributed by atoms with Crippen LogP contribution in [0.5, 0.6) is 0 Å². The summed E-state index contributed by atoms with van der Waals surface area (Å²) in [7, 11) is 0. The molecule has 1 amide bonds. The van der Waals surface area contributed by atoms with Gasteiger partial charge in [-0.05, 0) is 19.3 Å². The van der Waals surface area contributed by atoms with Crippen molar-refractivity contribution in [1.82, 2.24) is 15.0 Å². The van der Waals surface area contributed by atoms with E-state index in [-0.39, 0.29) is 6.61 Å². The summed E-state index contributed by atoms with van der Waals surface area (Å²) in [6.45, 7) is 0.693. The second-order valence-corrected chi connectivity index (χ2v) is 4.12. The molecule has 1 aromatic heterocycles. The molecule has 0 saturated heterocycles. The summed E-state index contributed by atoms with van der Waals surface area (Å²) in [6, 6.07) is 0. The highest BCUT2D eigenvalue weighted by Gasteiger charge is 2.29. The van der Waals surface area contributed by atoms with E-state index in [0.29, 0.717) is 24.6 Å². The molecule has 2 rings (SSSR count). The number of aromatic nitrogens is 3. The van der Waals surface area contributed by atoms with Crippen molar-refractivity contribution < 1.29 is 9.90 Å². The summed E-state index contributed by atoms with van der Waals surface area (Å²) >= 11 is 0. The van der Waals surface area contributed by atoms with Crippen LogP contribution in [0.2, 0.25) is 0 Å². The van der Waals surface area contributed by atoms with Gasteiger partial charge in [0.25, 0.3) is 5.91 Å². The van der Waals surface area contributed by atoms with E-state index >= 15 is 0 Å². The number of aryl methyl sites for hydroxylation is 1. The normalized spacial score (nSPS) is 16.1. The van der Waals surface area contributed by atoms with Crippen molar-refractivity contribution in [2.45, 2.75) is 38.1 Å². The largest absolute Gasteiger partial charge is 0.396 e. The van der Waals surface area contributed by atoms with Gasteiger partial charge in [0, 0.05) is 19.1 Å². The Morgan fingerprint density at radius 1 is 1.56 bits per heavy atom. The fourth-order valence-electron chi connectivity index (χ4n) is 1.97. The number of nitrogens with zero attached hydrogens (tertiary/aromatic N) is 3. The molecule has 0 aliphatic heterocycles. The van der Waals surface area contributed by atoms with Crippen LogP contribution in [0.4, 0.5) is 0 Å². The molecule has 16 heavy (non-hydrogen) atoms. The zero-order valence-electron chi connectivity index (χ0n) is 9.09. The maximum Gasteiger partial charge on any atom is 0.271 e. The number of aliphatic hydroxyl groups is 1. The van der Waals surface area contributed by atoms with Gasteiger partial charge in [-0.25, -0.2) is 4.68 Å². The van der Waals surface area contributed by atoms with Gasteiger partial charge in [-0.1, -0.05) is 11.6 Å². The van der Waals surface area contributed by atoms with Gasteiger partial charge in [0.05, 0.1) is 5.69 Å². The maximum atomic E-state index is 11.2. The fourth-order valence-corrected chi connectivity index (χ4v) is 1.97.